The van der Waals surface area contributed by atoms with Gasteiger partial charge < -0.3 is 14.8 Å². The Bertz CT molecular complexity index is 1300. The van der Waals surface area contributed by atoms with E-state index in [1.54, 1.807) is 13.4 Å². The first-order valence-corrected chi connectivity index (χ1v) is 10.2. The van der Waals surface area contributed by atoms with Crippen molar-refractivity contribution in [1.29, 1.82) is 0 Å². The molecule has 152 valence electrons. The Morgan fingerprint density at radius 3 is 2.61 bits per heavy atom. The van der Waals surface area contributed by atoms with Crippen LogP contribution in [0.5, 0.6) is 11.5 Å². The second kappa shape index (κ2) is 7.02. The lowest BCUT2D eigenvalue weighted by Gasteiger charge is -2.39. The number of benzene rings is 3. The molecule has 6 nitrogen and oxygen atoms in total. The van der Waals surface area contributed by atoms with Gasteiger partial charge in [0.15, 0.2) is 0 Å². The number of fused-ring (bicyclic) bond motifs is 3. The molecule has 3 aromatic carbocycles. The molecule has 0 bridgehead atoms. The number of anilines is 1. The van der Waals surface area contributed by atoms with Crippen molar-refractivity contribution in [1.82, 2.24) is 14.8 Å². The molecule has 0 amide bonds. The second-order valence-electron chi connectivity index (χ2n) is 7.57. The van der Waals surface area contributed by atoms with Gasteiger partial charge in [-0.3, -0.25) is 0 Å². The van der Waals surface area contributed by atoms with E-state index in [9.17, 15) is 0 Å². The van der Waals surface area contributed by atoms with E-state index >= 15 is 0 Å². The van der Waals surface area contributed by atoms with Crippen LogP contribution < -0.4 is 14.8 Å². The lowest BCUT2D eigenvalue weighted by Crippen LogP contribution is -2.32. The van der Waals surface area contributed by atoms with Gasteiger partial charge in [-0.2, -0.15) is 10.1 Å². The van der Waals surface area contributed by atoms with Gasteiger partial charge in [-0.05, 0) is 29.8 Å². The molecule has 2 aliphatic heterocycles. The molecule has 3 heterocycles. The van der Waals surface area contributed by atoms with Gasteiger partial charge in [0, 0.05) is 16.7 Å². The van der Waals surface area contributed by atoms with Crippen LogP contribution in [0, 0.1) is 0 Å². The number of nitrogens with zero attached hydrogens (tertiary/aromatic N) is 3. The third-order valence-electron chi connectivity index (χ3n) is 5.83. The average Bonchev–Trinajstić information content (AvgIpc) is 3.31. The molecule has 2 aliphatic rings. The largest absolute Gasteiger partial charge is 0.497 e. The number of hydrogen-bond acceptors (Lipinski definition) is 5. The smallest absolute Gasteiger partial charge is 0.226 e. The first-order valence-electron chi connectivity index (χ1n) is 10.2. The molecule has 4 aromatic rings. The fraction of sp³-hybridized carbons (Fsp3) is 0.120. The van der Waals surface area contributed by atoms with Gasteiger partial charge in [0.2, 0.25) is 5.95 Å². The van der Waals surface area contributed by atoms with Gasteiger partial charge in [0.25, 0.3) is 0 Å². The first kappa shape index (κ1) is 17.8. The maximum atomic E-state index is 6.62. The molecule has 0 spiro atoms. The normalized spacial score (nSPS) is 18.9. The third-order valence-corrected chi connectivity index (χ3v) is 5.83. The lowest BCUT2D eigenvalue weighted by molar-refractivity contribution is 0.222. The van der Waals surface area contributed by atoms with Crippen molar-refractivity contribution in [3.05, 3.63) is 107 Å². The third kappa shape index (κ3) is 2.79. The van der Waals surface area contributed by atoms with E-state index < -0.39 is 0 Å². The molecule has 0 fully saturated rings. The Balaban J connectivity index is 1.62. The van der Waals surface area contributed by atoms with Crippen LogP contribution >= 0.6 is 0 Å². The van der Waals surface area contributed by atoms with E-state index in [1.807, 2.05) is 59.3 Å². The van der Waals surface area contributed by atoms with Crippen molar-refractivity contribution >= 4 is 11.6 Å². The van der Waals surface area contributed by atoms with E-state index in [0.29, 0.717) is 5.95 Å². The summed E-state index contributed by atoms with van der Waals surface area (Å²) < 4.78 is 14.0. The minimum Gasteiger partial charge on any atom is -0.497 e. The van der Waals surface area contributed by atoms with Gasteiger partial charge in [0.05, 0.1) is 12.8 Å². The van der Waals surface area contributed by atoms with Crippen LogP contribution in [0.4, 0.5) is 5.95 Å². The highest BCUT2D eigenvalue weighted by molar-refractivity contribution is 5.85. The maximum Gasteiger partial charge on any atom is 0.226 e. The van der Waals surface area contributed by atoms with E-state index in [0.717, 1.165) is 39.5 Å². The molecule has 1 N–H and O–H groups in total. The van der Waals surface area contributed by atoms with Gasteiger partial charge in [-0.15, -0.1) is 0 Å². The number of aromatic nitrogens is 3. The van der Waals surface area contributed by atoms with Crippen molar-refractivity contribution in [2.45, 2.75) is 12.1 Å². The number of nitrogens with one attached hydrogen (secondary N) is 1. The molecule has 0 unspecified atom stereocenters. The minimum atomic E-state index is -0.310. The highest BCUT2D eigenvalue weighted by Crippen LogP contribution is 2.50. The predicted molar refractivity (Wildman–Crippen MR) is 118 cm³/mol. The highest BCUT2D eigenvalue weighted by atomic mass is 16.5. The van der Waals surface area contributed by atoms with Crippen LogP contribution in [-0.4, -0.2) is 21.9 Å². The summed E-state index contributed by atoms with van der Waals surface area (Å²) in [5.41, 5.74) is 5.28. The Morgan fingerprint density at radius 1 is 0.935 bits per heavy atom. The Kier molecular flexibility index (Phi) is 4.02. The number of hydrogen-bond donors (Lipinski definition) is 1. The zero-order chi connectivity index (χ0) is 20.8. The lowest BCUT2D eigenvalue weighted by atomic mass is 9.84. The molecular formula is C25H20N4O2. The molecule has 0 saturated carbocycles. The fourth-order valence-corrected chi connectivity index (χ4v) is 4.45. The predicted octanol–water partition coefficient (Wildman–Crippen LogP) is 4.85. The summed E-state index contributed by atoms with van der Waals surface area (Å²) in [6.07, 6.45) is 1.28. The number of rotatable bonds is 3. The summed E-state index contributed by atoms with van der Waals surface area (Å²) in [6, 6.07) is 26.3. The summed E-state index contributed by atoms with van der Waals surface area (Å²) in [5, 5.41) is 8.07. The van der Waals surface area contributed by atoms with Crippen LogP contribution in [0.15, 0.2) is 90.8 Å². The summed E-state index contributed by atoms with van der Waals surface area (Å²) >= 11 is 0. The molecule has 1 aromatic heterocycles. The number of methoxy groups -OCH3 is 1. The van der Waals surface area contributed by atoms with E-state index in [1.165, 1.54) is 0 Å². The van der Waals surface area contributed by atoms with E-state index in [4.69, 9.17) is 9.47 Å². The number of ether oxygens (including phenoxy) is 2. The van der Waals surface area contributed by atoms with Crippen LogP contribution in [0.25, 0.3) is 5.70 Å². The van der Waals surface area contributed by atoms with Crippen molar-refractivity contribution in [2.75, 3.05) is 12.4 Å². The monoisotopic (exact) mass is 408 g/mol. The van der Waals surface area contributed by atoms with Gasteiger partial charge in [-0.25, -0.2) is 4.68 Å². The van der Waals surface area contributed by atoms with Crippen molar-refractivity contribution < 1.29 is 9.47 Å². The Hall–Kier alpha value is -4.06. The fourth-order valence-electron chi connectivity index (χ4n) is 4.45. The molecule has 0 saturated heterocycles. The maximum absolute atomic E-state index is 6.62. The Morgan fingerprint density at radius 2 is 1.74 bits per heavy atom. The standard InChI is InChI=1S/C25H20N4O2/c1-30-18-11-7-10-17(14-18)24-21-22(19-12-5-6-13-20(19)31-24)28-25-26-15-27-29(25)23(21)16-8-3-2-4-9-16/h2-15,23-24H,1H3,(H,26,27,28)/t23-,24-/m1/s1. The number of para-hydroxylation sites is 1. The van der Waals surface area contributed by atoms with E-state index in [-0.39, 0.29) is 12.1 Å². The van der Waals surface area contributed by atoms with Crippen molar-refractivity contribution in [3.8, 4) is 11.5 Å². The zero-order valence-electron chi connectivity index (χ0n) is 16.9. The Labute approximate surface area is 179 Å². The van der Waals surface area contributed by atoms with Gasteiger partial charge in [0.1, 0.15) is 30.0 Å². The molecule has 0 radical (unpaired) electrons. The summed E-state index contributed by atoms with van der Waals surface area (Å²) in [7, 11) is 1.68. The highest BCUT2D eigenvalue weighted by Gasteiger charge is 2.40. The molecule has 31 heavy (non-hydrogen) atoms. The topological polar surface area (TPSA) is 61.2 Å². The molecule has 6 heteroatoms. The average molecular weight is 408 g/mol. The molecule has 2 atom stereocenters. The van der Waals surface area contributed by atoms with Crippen LogP contribution in [0.1, 0.15) is 28.8 Å². The minimum absolute atomic E-state index is 0.153. The quantitative estimate of drug-likeness (QED) is 0.525. The second-order valence-corrected chi connectivity index (χ2v) is 7.57. The molecule has 6 rings (SSSR count). The van der Waals surface area contributed by atoms with Crippen LogP contribution in [0.3, 0.4) is 0 Å². The van der Waals surface area contributed by atoms with Gasteiger partial charge in [-0.1, -0.05) is 54.6 Å². The summed E-state index contributed by atoms with van der Waals surface area (Å²) in [6.45, 7) is 0. The van der Waals surface area contributed by atoms with E-state index in [2.05, 4.69) is 39.7 Å². The van der Waals surface area contributed by atoms with Crippen LogP contribution in [0.2, 0.25) is 0 Å². The van der Waals surface area contributed by atoms with Crippen molar-refractivity contribution in [2.24, 2.45) is 0 Å². The first-order chi connectivity index (χ1) is 15.3. The summed E-state index contributed by atoms with van der Waals surface area (Å²) in [5.74, 6) is 2.35. The van der Waals surface area contributed by atoms with Crippen molar-refractivity contribution in [3.63, 3.8) is 0 Å². The summed E-state index contributed by atoms with van der Waals surface area (Å²) in [4.78, 5) is 4.47. The van der Waals surface area contributed by atoms with Crippen LogP contribution in [-0.2, 0) is 0 Å². The zero-order valence-corrected chi connectivity index (χ0v) is 16.9. The molecule has 0 aliphatic carbocycles. The SMILES string of the molecule is COc1cccc([C@H]2Oc3ccccc3C3=C2[C@@H](c2ccccc2)n2ncnc2N3)c1. The molecular weight excluding hydrogens is 388 g/mol. The van der Waals surface area contributed by atoms with Gasteiger partial charge >= 0.3 is 0 Å².